The summed E-state index contributed by atoms with van der Waals surface area (Å²) in [4.78, 5) is 24.9. The van der Waals surface area contributed by atoms with E-state index in [1.165, 1.54) is 11.8 Å². The van der Waals surface area contributed by atoms with E-state index in [-0.39, 0.29) is 25.0 Å². The molecule has 0 aliphatic carbocycles. The Balaban J connectivity index is 0.00000507. The molecule has 0 saturated carbocycles. The standard InChI is InChI=1S/C30H41NO5S.Li/c1-4-5-10-28(23-13-16-35-17-14-23)36-20-22-11-12-25(26(19-22)24-9-7-6-8-21(24)2)29(32)31-27(30(33)34)15-18-37-3;/h6-9,11-12,19,23,27-28H,4-5,10,13-18,20H2,1-3H3,(H,31,32)(H,33,34);/q;+1/p-1/t27-,28?;/m0./s1. The van der Waals surface area contributed by atoms with Gasteiger partial charge in [0.15, 0.2) is 0 Å². The SMILES string of the molecule is CCCCC(OCc1ccc(C(=O)N[C@@H](CCSC)C(=O)[O-])c(-c2ccccc2C)c1)C1CCOCC1.[Li+]. The number of rotatable bonds is 14. The Morgan fingerprint density at radius 3 is 2.53 bits per heavy atom. The predicted molar refractivity (Wildman–Crippen MR) is 148 cm³/mol. The number of carboxylic acids is 1. The van der Waals surface area contributed by atoms with Crippen LogP contribution in [0, 0.1) is 12.8 Å². The van der Waals surface area contributed by atoms with E-state index < -0.39 is 17.9 Å². The summed E-state index contributed by atoms with van der Waals surface area (Å²) in [5.74, 6) is -0.559. The number of nitrogens with one attached hydrogen (secondary N) is 1. The van der Waals surface area contributed by atoms with E-state index in [1.54, 1.807) is 6.07 Å². The molecule has 6 nitrogen and oxygen atoms in total. The van der Waals surface area contributed by atoms with Gasteiger partial charge in [-0.05, 0) is 84.9 Å². The predicted octanol–water partition coefficient (Wildman–Crippen LogP) is 1.77. The molecule has 1 amide bonds. The van der Waals surface area contributed by atoms with Gasteiger partial charge in [0, 0.05) is 18.8 Å². The number of hydrogen-bond acceptors (Lipinski definition) is 6. The number of aliphatic carboxylic acids is 1. The molecule has 1 saturated heterocycles. The molecule has 38 heavy (non-hydrogen) atoms. The zero-order chi connectivity index (χ0) is 26.6. The summed E-state index contributed by atoms with van der Waals surface area (Å²) in [6.07, 6.45) is 7.75. The first-order chi connectivity index (χ1) is 17.9. The smallest absolute Gasteiger partial charge is 0.548 e. The van der Waals surface area contributed by atoms with Gasteiger partial charge in [0.1, 0.15) is 0 Å². The summed E-state index contributed by atoms with van der Waals surface area (Å²) in [6, 6.07) is 12.6. The van der Waals surface area contributed by atoms with Crippen LogP contribution in [0.5, 0.6) is 0 Å². The molecule has 1 N–H and O–H groups in total. The van der Waals surface area contributed by atoms with Crippen LogP contribution in [0.1, 0.15) is 66.9 Å². The minimum Gasteiger partial charge on any atom is -0.548 e. The zero-order valence-corrected chi connectivity index (χ0v) is 24.1. The van der Waals surface area contributed by atoms with Gasteiger partial charge in [0.05, 0.1) is 24.7 Å². The van der Waals surface area contributed by atoms with Gasteiger partial charge in [0.25, 0.3) is 5.91 Å². The topological polar surface area (TPSA) is 87.7 Å². The molecule has 0 radical (unpaired) electrons. The Bertz CT molecular complexity index is 1030. The molecule has 1 unspecified atom stereocenters. The molecule has 3 rings (SSSR count). The molecule has 0 spiro atoms. The summed E-state index contributed by atoms with van der Waals surface area (Å²) >= 11 is 1.53. The van der Waals surface area contributed by atoms with Crippen LogP contribution < -0.4 is 29.3 Å². The van der Waals surface area contributed by atoms with Crippen LogP contribution in [-0.2, 0) is 20.9 Å². The molecular formula is C30H40LiNO5S. The van der Waals surface area contributed by atoms with Crippen molar-refractivity contribution in [2.45, 2.75) is 71.1 Å². The maximum atomic E-state index is 13.3. The molecule has 1 heterocycles. The van der Waals surface area contributed by atoms with Gasteiger partial charge in [0.2, 0.25) is 0 Å². The first-order valence-corrected chi connectivity index (χ1v) is 14.7. The third-order valence-electron chi connectivity index (χ3n) is 7.06. The van der Waals surface area contributed by atoms with E-state index >= 15 is 0 Å². The average Bonchev–Trinajstić information content (AvgIpc) is 2.91. The first kappa shape index (κ1) is 32.5. The second-order valence-electron chi connectivity index (χ2n) is 9.76. The largest absolute Gasteiger partial charge is 1.00 e. The van der Waals surface area contributed by atoms with Crippen molar-refractivity contribution in [3.63, 3.8) is 0 Å². The Hall–Kier alpha value is -1.75. The molecule has 2 aromatic carbocycles. The van der Waals surface area contributed by atoms with E-state index in [0.717, 1.165) is 67.6 Å². The molecule has 0 bridgehead atoms. The minimum absolute atomic E-state index is 0. The fourth-order valence-corrected chi connectivity index (χ4v) is 5.32. The number of thioether (sulfide) groups is 1. The van der Waals surface area contributed by atoms with Crippen molar-refractivity contribution in [1.82, 2.24) is 5.32 Å². The van der Waals surface area contributed by atoms with Crippen molar-refractivity contribution in [2.75, 3.05) is 25.2 Å². The van der Waals surface area contributed by atoms with Crippen LogP contribution in [0.15, 0.2) is 42.5 Å². The Morgan fingerprint density at radius 1 is 1.13 bits per heavy atom. The molecule has 202 valence electrons. The Morgan fingerprint density at radius 2 is 1.87 bits per heavy atom. The maximum absolute atomic E-state index is 13.3. The molecule has 8 heteroatoms. The maximum Gasteiger partial charge on any atom is 1.00 e. The number of carbonyl (C=O) groups excluding carboxylic acids is 2. The molecule has 0 aromatic heterocycles. The van der Waals surface area contributed by atoms with E-state index in [1.807, 2.05) is 49.6 Å². The molecule has 1 aliphatic heterocycles. The van der Waals surface area contributed by atoms with E-state index in [2.05, 4.69) is 12.2 Å². The summed E-state index contributed by atoms with van der Waals surface area (Å²) in [7, 11) is 0. The van der Waals surface area contributed by atoms with E-state index in [9.17, 15) is 14.7 Å². The fourth-order valence-electron chi connectivity index (χ4n) is 4.85. The van der Waals surface area contributed by atoms with Gasteiger partial charge in [-0.3, -0.25) is 4.79 Å². The van der Waals surface area contributed by atoms with Gasteiger partial charge in [-0.1, -0.05) is 50.1 Å². The van der Waals surface area contributed by atoms with E-state index in [4.69, 9.17) is 9.47 Å². The average molecular weight is 534 g/mol. The molecule has 1 aliphatic rings. The van der Waals surface area contributed by atoms with E-state index in [0.29, 0.717) is 30.3 Å². The summed E-state index contributed by atoms with van der Waals surface area (Å²) in [5, 5.41) is 14.3. The van der Waals surface area contributed by atoms with Crippen molar-refractivity contribution in [2.24, 2.45) is 5.92 Å². The number of aryl methyl sites for hydroxylation is 1. The number of carboxylic acid groups (broad SMARTS) is 1. The summed E-state index contributed by atoms with van der Waals surface area (Å²) in [6.45, 7) is 6.26. The van der Waals surface area contributed by atoms with Gasteiger partial charge < -0.3 is 24.7 Å². The van der Waals surface area contributed by atoms with Crippen LogP contribution in [-0.4, -0.2) is 49.2 Å². The fraction of sp³-hybridized carbons (Fsp3) is 0.533. The second-order valence-corrected chi connectivity index (χ2v) is 10.7. The third kappa shape index (κ3) is 9.46. The Kier molecular flexibility index (Phi) is 14.6. The molecule has 1 fully saturated rings. The number of hydrogen-bond donors (Lipinski definition) is 1. The quantitative estimate of drug-likeness (QED) is 0.373. The zero-order valence-electron chi connectivity index (χ0n) is 23.3. The number of amides is 1. The third-order valence-corrected chi connectivity index (χ3v) is 7.71. The van der Waals surface area contributed by atoms with Crippen molar-refractivity contribution < 1.29 is 43.0 Å². The summed E-state index contributed by atoms with van der Waals surface area (Å²) in [5.41, 5.74) is 4.18. The first-order valence-electron chi connectivity index (χ1n) is 13.3. The van der Waals surface area contributed by atoms with Crippen LogP contribution >= 0.6 is 11.8 Å². The van der Waals surface area contributed by atoms with Crippen molar-refractivity contribution in [3.05, 3.63) is 59.2 Å². The van der Waals surface area contributed by atoms with Crippen molar-refractivity contribution in [1.29, 1.82) is 0 Å². The van der Waals surface area contributed by atoms with Crippen LogP contribution in [0.25, 0.3) is 11.1 Å². The monoisotopic (exact) mass is 533 g/mol. The van der Waals surface area contributed by atoms with Gasteiger partial charge in [-0.25, -0.2) is 0 Å². The Labute approximate surface area is 243 Å². The van der Waals surface area contributed by atoms with Crippen molar-refractivity contribution in [3.8, 4) is 11.1 Å². The van der Waals surface area contributed by atoms with Crippen LogP contribution in [0.3, 0.4) is 0 Å². The molecule has 2 aromatic rings. The molecule has 2 atom stereocenters. The van der Waals surface area contributed by atoms with Crippen LogP contribution in [0.4, 0.5) is 0 Å². The van der Waals surface area contributed by atoms with Gasteiger partial charge in [-0.2, -0.15) is 11.8 Å². The number of benzene rings is 2. The van der Waals surface area contributed by atoms with Gasteiger partial charge >= 0.3 is 18.9 Å². The van der Waals surface area contributed by atoms with Gasteiger partial charge in [-0.15, -0.1) is 0 Å². The van der Waals surface area contributed by atoms with Crippen LogP contribution in [0.2, 0.25) is 0 Å². The number of unbranched alkanes of at least 4 members (excludes halogenated alkanes) is 1. The normalized spacial score (nSPS) is 15.3. The second kappa shape index (κ2) is 17.0. The number of carbonyl (C=O) groups is 2. The van der Waals surface area contributed by atoms with Crippen molar-refractivity contribution >= 4 is 23.6 Å². The minimum atomic E-state index is -1.27. The summed E-state index contributed by atoms with van der Waals surface area (Å²) < 4.78 is 12.0. The molecular weight excluding hydrogens is 493 g/mol. The number of ether oxygens (including phenoxy) is 2.